The molecule has 0 aliphatic carbocycles. The van der Waals surface area contributed by atoms with Crippen LogP contribution in [0.5, 0.6) is 0 Å². The average Bonchev–Trinajstić information content (AvgIpc) is 3.37. The minimum atomic E-state index is -0.0358. The van der Waals surface area contributed by atoms with Gasteiger partial charge in [0, 0.05) is 35.2 Å². The fraction of sp³-hybridized carbons (Fsp3) is 0.138. The Balaban J connectivity index is 1.55. The van der Waals surface area contributed by atoms with Gasteiger partial charge in [0.15, 0.2) is 5.17 Å². The number of amidine groups is 1. The van der Waals surface area contributed by atoms with Crippen LogP contribution >= 0.6 is 11.8 Å². The first-order valence-electron chi connectivity index (χ1n) is 11.5. The standard InChI is InChI=1S/C29H24N4OS/c1-20(2)33-28(34)27(35-29(33)31-24-12-4-3-5-13-24)16-23-19-32(26-15-9-8-14-25(23)26)18-22-11-7-6-10-21(22)17-30/h3-16,19-20H,18H2,1-2H3/b27-16+,31-29?. The molecular formula is C29H24N4OS. The first-order chi connectivity index (χ1) is 17.0. The van der Waals surface area contributed by atoms with E-state index in [1.54, 1.807) is 4.90 Å². The van der Waals surface area contributed by atoms with Crippen molar-refractivity contribution in [3.05, 3.63) is 107 Å². The van der Waals surface area contributed by atoms with E-state index in [0.717, 1.165) is 27.7 Å². The summed E-state index contributed by atoms with van der Waals surface area (Å²) in [5.74, 6) is -0.0358. The number of nitriles is 1. The van der Waals surface area contributed by atoms with Gasteiger partial charge in [0.1, 0.15) is 0 Å². The van der Waals surface area contributed by atoms with Crippen molar-refractivity contribution in [2.75, 3.05) is 0 Å². The number of aromatic nitrogens is 1. The Labute approximate surface area is 209 Å². The quantitative estimate of drug-likeness (QED) is 0.306. The second-order valence-corrected chi connectivity index (χ2v) is 9.62. The van der Waals surface area contributed by atoms with Gasteiger partial charge in [0.2, 0.25) is 0 Å². The van der Waals surface area contributed by atoms with E-state index in [0.29, 0.717) is 22.2 Å². The monoisotopic (exact) mass is 476 g/mol. The maximum absolute atomic E-state index is 13.4. The molecule has 2 heterocycles. The van der Waals surface area contributed by atoms with Gasteiger partial charge in [0.25, 0.3) is 5.91 Å². The van der Waals surface area contributed by atoms with Gasteiger partial charge in [-0.25, -0.2) is 4.99 Å². The van der Waals surface area contributed by atoms with Crippen LogP contribution in [-0.4, -0.2) is 26.6 Å². The highest BCUT2D eigenvalue weighted by Gasteiger charge is 2.35. The first-order valence-corrected chi connectivity index (χ1v) is 12.3. The summed E-state index contributed by atoms with van der Waals surface area (Å²) in [4.78, 5) is 20.5. The molecule has 35 heavy (non-hydrogen) atoms. The molecule has 1 aliphatic heterocycles. The van der Waals surface area contributed by atoms with Crippen molar-refractivity contribution in [1.82, 2.24) is 9.47 Å². The molecular weight excluding hydrogens is 452 g/mol. The highest BCUT2D eigenvalue weighted by molar-refractivity contribution is 8.18. The van der Waals surface area contributed by atoms with E-state index in [1.165, 1.54) is 11.8 Å². The molecule has 1 aliphatic rings. The van der Waals surface area contributed by atoms with Crippen LogP contribution in [0.1, 0.15) is 30.5 Å². The molecule has 0 spiro atoms. The molecule has 0 unspecified atom stereocenters. The highest BCUT2D eigenvalue weighted by atomic mass is 32.2. The van der Waals surface area contributed by atoms with Crippen molar-refractivity contribution < 1.29 is 4.79 Å². The normalized spacial score (nSPS) is 16.1. The van der Waals surface area contributed by atoms with Gasteiger partial charge in [-0.1, -0.05) is 54.6 Å². The van der Waals surface area contributed by atoms with Crippen LogP contribution in [0.3, 0.4) is 0 Å². The predicted octanol–water partition coefficient (Wildman–Crippen LogP) is 6.57. The van der Waals surface area contributed by atoms with Crippen molar-refractivity contribution in [2.24, 2.45) is 4.99 Å². The smallest absolute Gasteiger partial charge is 0.266 e. The highest BCUT2D eigenvalue weighted by Crippen LogP contribution is 2.36. The summed E-state index contributed by atoms with van der Waals surface area (Å²) in [6, 6.07) is 27.8. The summed E-state index contributed by atoms with van der Waals surface area (Å²) in [5.41, 5.74) is 4.48. The molecule has 6 heteroatoms. The average molecular weight is 477 g/mol. The zero-order valence-electron chi connectivity index (χ0n) is 19.6. The largest absolute Gasteiger partial charge is 0.342 e. The Hall–Kier alpha value is -4.08. The molecule has 1 amide bonds. The Morgan fingerprint density at radius 3 is 2.49 bits per heavy atom. The molecule has 0 radical (unpaired) electrons. The third kappa shape index (κ3) is 4.51. The van der Waals surface area contributed by atoms with E-state index in [2.05, 4.69) is 29.0 Å². The Morgan fingerprint density at radius 1 is 1.00 bits per heavy atom. The maximum Gasteiger partial charge on any atom is 0.266 e. The number of thioether (sulfide) groups is 1. The van der Waals surface area contributed by atoms with Crippen LogP contribution < -0.4 is 0 Å². The van der Waals surface area contributed by atoms with Crippen LogP contribution in [0.15, 0.2) is 95.0 Å². The van der Waals surface area contributed by atoms with Gasteiger partial charge in [-0.05, 0) is 61.5 Å². The lowest BCUT2D eigenvalue weighted by molar-refractivity contribution is -0.123. The molecule has 0 atom stereocenters. The van der Waals surface area contributed by atoms with Crippen molar-refractivity contribution in [3.63, 3.8) is 0 Å². The number of aliphatic imine (C=N–C) groups is 1. The molecule has 1 saturated heterocycles. The Kier molecular flexibility index (Phi) is 6.26. The zero-order valence-corrected chi connectivity index (χ0v) is 20.4. The fourth-order valence-electron chi connectivity index (χ4n) is 4.25. The maximum atomic E-state index is 13.4. The number of carbonyl (C=O) groups is 1. The minimum absolute atomic E-state index is 0.00723. The first kappa shape index (κ1) is 22.7. The number of rotatable bonds is 5. The number of hydrogen-bond acceptors (Lipinski definition) is 4. The molecule has 3 aromatic carbocycles. The number of amides is 1. The van der Waals surface area contributed by atoms with E-state index in [-0.39, 0.29) is 11.9 Å². The number of hydrogen-bond donors (Lipinski definition) is 0. The number of para-hydroxylation sites is 2. The molecule has 5 rings (SSSR count). The van der Waals surface area contributed by atoms with E-state index < -0.39 is 0 Å². The molecule has 1 fully saturated rings. The lowest BCUT2D eigenvalue weighted by Crippen LogP contribution is -2.35. The summed E-state index contributed by atoms with van der Waals surface area (Å²) >= 11 is 1.41. The number of carbonyl (C=O) groups excluding carboxylic acids is 1. The van der Waals surface area contributed by atoms with E-state index in [1.807, 2.05) is 86.7 Å². The van der Waals surface area contributed by atoms with Gasteiger partial charge in [-0.15, -0.1) is 0 Å². The van der Waals surface area contributed by atoms with E-state index in [9.17, 15) is 10.1 Å². The second kappa shape index (κ2) is 9.65. The second-order valence-electron chi connectivity index (χ2n) is 8.61. The van der Waals surface area contributed by atoms with Gasteiger partial charge >= 0.3 is 0 Å². The van der Waals surface area contributed by atoms with Gasteiger partial charge in [0.05, 0.1) is 22.2 Å². The molecule has 0 saturated carbocycles. The van der Waals surface area contributed by atoms with Crippen LogP contribution in [0.25, 0.3) is 17.0 Å². The molecule has 172 valence electrons. The van der Waals surface area contributed by atoms with Crippen molar-refractivity contribution in [2.45, 2.75) is 26.4 Å². The van der Waals surface area contributed by atoms with Gasteiger partial charge < -0.3 is 4.57 Å². The van der Waals surface area contributed by atoms with Gasteiger partial charge in [-0.2, -0.15) is 5.26 Å². The lowest BCUT2D eigenvalue weighted by Gasteiger charge is -2.19. The molecule has 1 aromatic heterocycles. The number of fused-ring (bicyclic) bond motifs is 1. The van der Waals surface area contributed by atoms with Crippen molar-refractivity contribution in [3.8, 4) is 6.07 Å². The van der Waals surface area contributed by atoms with Crippen LogP contribution in [-0.2, 0) is 11.3 Å². The molecule has 0 N–H and O–H groups in total. The van der Waals surface area contributed by atoms with Crippen molar-refractivity contribution >= 4 is 45.5 Å². The van der Waals surface area contributed by atoms with Crippen LogP contribution in [0.2, 0.25) is 0 Å². The van der Waals surface area contributed by atoms with E-state index in [4.69, 9.17) is 4.99 Å². The predicted molar refractivity (Wildman–Crippen MR) is 143 cm³/mol. The number of benzene rings is 3. The van der Waals surface area contributed by atoms with E-state index >= 15 is 0 Å². The number of nitrogens with zero attached hydrogens (tertiary/aromatic N) is 4. The Bertz CT molecular complexity index is 1510. The zero-order chi connectivity index (χ0) is 24.4. The SMILES string of the molecule is CC(C)N1C(=O)/C(=C\c2cn(Cc3ccccc3C#N)c3ccccc23)SC1=Nc1ccccc1. The third-order valence-electron chi connectivity index (χ3n) is 5.92. The molecule has 5 nitrogen and oxygen atoms in total. The Morgan fingerprint density at radius 2 is 1.71 bits per heavy atom. The van der Waals surface area contributed by atoms with Gasteiger partial charge in [-0.3, -0.25) is 9.69 Å². The summed E-state index contributed by atoms with van der Waals surface area (Å²) in [5, 5.41) is 11.3. The molecule has 4 aromatic rings. The van der Waals surface area contributed by atoms with Crippen molar-refractivity contribution in [1.29, 1.82) is 5.26 Å². The summed E-state index contributed by atoms with van der Waals surface area (Å²) in [7, 11) is 0. The van der Waals surface area contributed by atoms with Crippen LogP contribution in [0, 0.1) is 11.3 Å². The third-order valence-corrected chi connectivity index (χ3v) is 6.90. The topological polar surface area (TPSA) is 61.4 Å². The minimum Gasteiger partial charge on any atom is -0.342 e. The summed E-state index contributed by atoms with van der Waals surface area (Å²) < 4.78 is 2.14. The summed E-state index contributed by atoms with van der Waals surface area (Å²) in [6.45, 7) is 4.58. The molecule has 0 bridgehead atoms. The van der Waals surface area contributed by atoms with Crippen LogP contribution in [0.4, 0.5) is 5.69 Å². The fourth-order valence-corrected chi connectivity index (χ4v) is 5.36. The summed E-state index contributed by atoms with van der Waals surface area (Å²) in [6.07, 6.45) is 4.02. The lowest BCUT2D eigenvalue weighted by atomic mass is 10.1.